The van der Waals surface area contributed by atoms with Crippen LogP contribution in [0.3, 0.4) is 0 Å². The molecule has 0 saturated carbocycles. The molecule has 0 aliphatic heterocycles. The predicted octanol–water partition coefficient (Wildman–Crippen LogP) is 4.18. The number of nitrogens with two attached hydrogens (primary N) is 1. The minimum atomic E-state index is -0.0880. The molecule has 112 valence electrons. The van der Waals surface area contributed by atoms with E-state index in [0.29, 0.717) is 0 Å². The van der Waals surface area contributed by atoms with E-state index in [9.17, 15) is 0 Å². The van der Waals surface area contributed by atoms with Gasteiger partial charge in [-0.1, -0.05) is 18.2 Å². The van der Waals surface area contributed by atoms with Crippen molar-refractivity contribution in [2.24, 2.45) is 5.73 Å². The summed E-state index contributed by atoms with van der Waals surface area (Å²) in [6.45, 7) is 7.12. The molecular formula is C18H24N2O. The van der Waals surface area contributed by atoms with Crippen LogP contribution in [0.5, 0.6) is 5.75 Å². The lowest BCUT2D eigenvalue weighted by Gasteiger charge is -2.28. The van der Waals surface area contributed by atoms with Gasteiger partial charge in [-0.3, -0.25) is 0 Å². The highest BCUT2D eigenvalue weighted by molar-refractivity contribution is 5.70. The second kappa shape index (κ2) is 6.64. The van der Waals surface area contributed by atoms with Gasteiger partial charge in [0.1, 0.15) is 5.75 Å². The van der Waals surface area contributed by atoms with Gasteiger partial charge in [-0.2, -0.15) is 0 Å². The van der Waals surface area contributed by atoms with Crippen LogP contribution in [0.15, 0.2) is 42.5 Å². The molecule has 0 radical (unpaired) electrons. The number of ether oxygens (including phenoxy) is 1. The molecule has 0 saturated heterocycles. The average Bonchev–Trinajstić information content (AvgIpc) is 2.47. The molecule has 3 heteroatoms. The van der Waals surface area contributed by atoms with Crippen molar-refractivity contribution in [1.29, 1.82) is 0 Å². The molecule has 0 aromatic heterocycles. The Labute approximate surface area is 127 Å². The number of rotatable bonds is 5. The Morgan fingerprint density at radius 3 is 2.48 bits per heavy atom. The molecule has 0 aliphatic carbocycles. The Hall–Kier alpha value is -2.00. The Morgan fingerprint density at radius 2 is 1.90 bits per heavy atom. The van der Waals surface area contributed by atoms with E-state index < -0.39 is 0 Å². The van der Waals surface area contributed by atoms with Gasteiger partial charge < -0.3 is 15.4 Å². The van der Waals surface area contributed by atoms with Crippen molar-refractivity contribution in [1.82, 2.24) is 0 Å². The summed E-state index contributed by atoms with van der Waals surface area (Å²) in [5, 5.41) is 0. The summed E-state index contributed by atoms with van der Waals surface area (Å²) in [6, 6.07) is 14.5. The maximum atomic E-state index is 6.18. The van der Waals surface area contributed by atoms with Gasteiger partial charge in [0.15, 0.2) is 0 Å². The van der Waals surface area contributed by atoms with Crippen molar-refractivity contribution in [3.05, 3.63) is 53.6 Å². The van der Waals surface area contributed by atoms with Crippen molar-refractivity contribution >= 4 is 11.4 Å². The van der Waals surface area contributed by atoms with Gasteiger partial charge in [-0.15, -0.1) is 0 Å². The van der Waals surface area contributed by atoms with Gasteiger partial charge in [-0.25, -0.2) is 0 Å². The summed E-state index contributed by atoms with van der Waals surface area (Å²) in [6.07, 6.45) is 0. The van der Waals surface area contributed by atoms with Gasteiger partial charge in [0, 0.05) is 29.5 Å². The highest BCUT2D eigenvalue weighted by Crippen LogP contribution is 2.37. The lowest BCUT2D eigenvalue weighted by Crippen LogP contribution is -2.20. The lowest BCUT2D eigenvalue weighted by atomic mass is 10.0. The maximum absolute atomic E-state index is 6.18. The molecule has 0 amide bonds. The molecule has 0 heterocycles. The first-order valence-corrected chi connectivity index (χ1v) is 7.35. The molecule has 3 nitrogen and oxygen atoms in total. The summed E-state index contributed by atoms with van der Waals surface area (Å²) < 4.78 is 5.49. The lowest BCUT2D eigenvalue weighted by molar-refractivity contribution is 0.407. The molecule has 2 aromatic carbocycles. The zero-order valence-electron chi connectivity index (χ0n) is 13.3. The van der Waals surface area contributed by atoms with Gasteiger partial charge in [0.05, 0.1) is 7.11 Å². The number of nitrogens with zero attached hydrogens (tertiary/aromatic N) is 1. The van der Waals surface area contributed by atoms with Crippen LogP contribution in [0.25, 0.3) is 0 Å². The predicted molar refractivity (Wildman–Crippen MR) is 89.5 cm³/mol. The van der Waals surface area contributed by atoms with E-state index in [-0.39, 0.29) is 6.04 Å². The van der Waals surface area contributed by atoms with E-state index >= 15 is 0 Å². The standard InChI is InChI=1S/C18H24N2O/c1-5-20(15-9-6-8-13(2)12-15)16-10-7-11-17(21-4)18(16)14(3)19/h6-12,14H,5,19H2,1-4H3. The number of anilines is 2. The number of methoxy groups -OCH3 is 1. The third kappa shape index (κ3) is 3.19. The maximum Gasteiger partial charge on any atom is 0.125 e. The minimum Gasteiger partial charge on any atom is -0.496 e. The fraction of sp³-hybridized carbons (Fsp3) is 0.333. The van der Waals surface area contributed by atoms with Gasteiger partial charge >= 0.3 is 0 Å². The fourth-order valence-electron chi connectivity index (χ4n) is 2.69. The molecule has 1 unspecified atom stereocenters. The largest absolute Gasteiger partial charge is 0.496 e. The summed E-state index contributed by atoms with van der Waals surface area (Å²) in [4.78, 5) is 2.27. The molecule has 1 atom stereocenters. The van der Waals surface area contributed by atoms with Crippen molar-refractivity contribution in [3.8, 4) is 5.75 Å². The van der Waals surface area contributed by atoms with Crippen molar-refractivity contribution in [2.75, 3.05) is 18.6 Å². The SMILES string of the molecule is CCN(c1cccc(C)c1)c1cccc(OC)c1C(C)N. The molecule has 21 heavy (non-hydrogen) atoms. The minimum absolute atomic E-state index is 0.0880. The molecule has 0 bridgehead atoms. The average molecular weight is 284 g/mol. The van der Waals surface area contributed by atoms with E-state index in [2.05, 4.69) is 49.1 Å². The fourth-order valence-corrected chi connectivity index (χ4v) is 2.69. The summed E-state index contributed by atoms with van der Waals surface area (Å²) in [5.41, 5.74) is 10.8. The van der Waals surface area contributed by atoms with Crippen LogP contribution in [0.2, 0.25) is 0 Å². The Balaban J connectivity index is 2.57. The second-order valence-electron chi connectivity index (χ2n) is 5.27. The van der Waals surface area contributed by atoms with Crippen LogP contribution in [-0.2, 0) is 0 Å². The van der Waals surface area contributed by atoms with E-state index in [1.165, 1.54) is 11.3 Å². The van der Waals surface area contributed by atoms with Crippen molar-refractivity contribution < 1.29 is 4.74 Å². The van der Waals surface area contributed by atoms with Crippen LogP contribution in [0.4, 0.5) is 11.4 Å². The number of hydrogen-bond acceptors (Lipinski definition) is 3. The monoisotopic (exact) mass is 284 g/mol. The second-order valence-corrected chi connectivity index (χ2v) is 5.27. The smallest absolute Gasteiger partial charge is 0.125 e. The summed E-state index contributed by atoms with van der Waals surface area (Å²) in [5.74, 6) is 0.841. The molecular weight excluding hydrogens is 260 g/mol. The topological polar surface area (TPSA) is 38.5 Å². The van der Waals surface area contributed by atoms with Gasteiger partial charge in [-0.05, 0) is 50.6 Å². The van der Waals surface area contributed by atoms with E-state index in [4.69, 9.17) is 10.5 Å². The summed E-state index contributed by atoms with van der Waals surface area (Å²) >= 11 is 0. The first kappa shape index (κ1) is 15.4. The zero-order chi connectivity index (χ0) is 15.4. The molecule has 0 spiro atoms. The molecule has 2 N–H and O–H groups in total. The van der Waals surface area contributed by atoms with Crippen LogP contribution in [-0.4, -0.2) is 13.7 Å². The van der Waals surface area contributed by atoms with E-state index in [1.807, 2.05) is 19.1 Å². The zero-order valence-corrected chi connectivity index (χ0v) is 13.3. The first-order valence-electron chi connectivity index (χ1n) is 7.35. The Kier molecular flexibility index (Phi) is 4.86. The van der Waals surface area contributed by atoms with Gasteiger partial charge in [0.25, 0.3) is 0 Å². The Bertz CT molecular complexity index is 608. The van der Waals surface area contributed by atoms with Crippen molar-refractivity contribution in [2.45, 2.75) is 26.8 Å². The van der Waals surface area contributed by atoms with Crippen LogP contribution in [0.1, 0.15) is 31.0 Å². The Morgan fingerprint density at radius 1 is 1.19 bits per heavy atom. The number of aryl methyl sites for hydroxylation is 1. The molecule has 0 aliphatic rings. The number of hydrogen-bond donors (Lipinski definition) is 1. The van der Waals surface area contributed by atoms with E-state index in [0.717, 1.165) is 23.5 Å². The van der Waals surface area contributed by atoms with Crippen molar-refractivity contribution in [3.63, 3.8) is 0 Å². The normalized spacial score (nSPS) is 12.0. The van der Waals surface area contributed by atoms with Crippen LogP contribution in [0, 0.1) is 6.92 Å². The van der Waals surface area contributed by atoms with Gasteiger partial charge in [0.2, 0.25) is 0 Å². The first-order chi connectivity index (χ1) is 10.1. The quantitative estimate of drug-likeness (QED) is 0.895. The molecule has 2 aromatic rings. The summed E-state index contributed by atoms with van der Waals surface area (Å²) in [7, 11) is 1.69. The number of benzene rings is 2. The molecule has 2 rings (SSSR count). The highest BCUT2D eigenvalue weighted by atomic mass is 16.5. The molecule has 0 fully saturated rings. The van der Waals surface area contributed by atoms with Crippen LogP contribution >= 0.6 is 0 Å². The highest BCUT2D eigenvalue weighted by Gasteiger charge is 2.18. The third-order valence-corrected chi connectivity index (χ3v) is 3.64. The third-order valence-electron chi connectivity index (χ3n) is 3.64. The van der Waals surface area contributed by atoms with Crippen LogP contribution < -0.4 is 15.4 Å². The van der Waals surface area contributed by atoms with E-state index in [1.54, 1.807) is 7.11 Å².